The molecule has 1 rings (SSSR count). The van der Waals surface area contributed by atoms with Crippen molar-refractivity contribution in [3.05, 3.63) is 21.7 Å². The third kappa shape index (κ3) is 4.64. The Morgan fingerprint density at radius 1 is 1.54 bits per heavy atom. The van der Waals surface area contributed by atoms with Gasteiger partial charge >= 0.3 is 0 Å². The lowest BCUT2D eigenvalue weighted by molar-refractivity contribution is 0.0790. The molecule has 1 aromatic heterocycles. The van der Waals surface area contributed by atoms with E-state index in [4.69, 9.17) is 4.42 Å². The zero-order valence-electron chi connectivity index (χ0n) is 7.80. The second-order valence-electron chi connectivity index (χ2n) is 3.62. The molecule has 0 atom stereocenters. The summed E-state index contributed by atoms with van der Waals surface area (Å²) in [4.78, 5) is 0. The van der Waals surface area contributed by atoms with E-state index >= 15 is 0 Å². The number of furan rings is 1. The van der Waals surface area contributed by atoms with Gasteiger partial charge in [-0.3, -0.25) is 0 Å². The predicted octanol–water partition coefficient (Wildman–Crippen LogP) is 1.74. The van der Waals surface area contributed by atoms with Crippen LogP contribution in [0.4, 0.5) is 0 Å². The maximum Gasteiger partial charge on any atom is 0.164 e. The van der Waals surface area contributed by atoms with Gasteiger partial charge < -0.3 is 14.8 Å². The van der Waals surface area contributed by atoms with Gasteiger partial charge in [0.15, 0.2) is 3.77 Å². The number of nitrogens with one attached hydrogen (secondary N) is 1. The highest BCUT2D eigenvalue weighted by molar-refractivity contribution is 14.1. The summed E-state index contributed by atoms with van der Waals surface area (Å²) in [5.74, 6) is 0.897. The molecule has 0 aliphatic rings. The van der Waals surface area contributed by atoms with Crippen LogP contribution in [0, 0.1) is 3.77 Å². The van der Waals surface area contributed by atoms with Gasteiger partial charge in [-0.05, 0) is 48.6 Å². The minimum atomic E-state index is -0.667. The third-order valence-electron chi connectivity index (χ3n) is 1.49. The highest BCUT2D eigenvalue weighted by Crippen LogP contribution is 2.09. The molecule has 0 aliphatic heterocycles. The van der Waals surface area contributed by atoms with Gasteiger partial charge in [0.05, 0.1) is 12.1 Å². The molecule has 0 spiro atoms. The van der Waals surface area contributed by atoms with E-state index in [0.29, 0.717) is 13.1 Å². The van der Waals surface area contributed by atoms with Crippen molar-refractivity contribution < 1.29 is 9.52 Å². The lowest BCUT2D eigenvalue weighted by Gasteiger charge is -2.16. The molecule has 0 radical (unpaired) electrons. The summed E-state index contributed by atoms with van der Waals surface area (Å²) in [5.41, 5.74) is -0.667. The monoisotopic (exact) mass is 295 g/mol. The predicted molar refractivity (Wildman–Crippen MR) is 59.4 cm³/mol. The zero-order valence-corrected chi connectivity index (χ0v) is 9.96. The van der Waals surface area contributed by atoms with Crippen molar-refractivity contribution in [2.75, 3.05) is 6.54 Å². The Morgan fingerprint density at radius 3 is 2.69 bits per heavy atom. The maximum atomic E-state index is 9.41. The highest BCUT2D eigenvalue weighted by Gasteiger charge is 2.11. The number of aliphatic hydroxyl groups is 1. The molecular formula is C9H14INO2. The summed E-state index contributed by atoms with van der Waals surface area (Å²) in [5, 5.41) is 12.5. The van der Waals surface area contributed by atoms with E-state index in [0.717, 1.165) is 9.53 Å². The maximum absolute atomic E-state index is 9.41. The molecule has 3 nitrogen and oxygen atoms in total. The second kappa shape index (κ2) is 4.43. The van der Waals surface area contributed by atoms with Crippen molar-refractivity contribution >= 4 is 22.6 Å². The summed E-state index contributed by atoms with van der Waals surface area (Å²) >= 11 is 2.12. The molecule has 1 heterocycles. The minimum absolute atomic E-state index is 0.560. The van der Waals surface area contributed by atoms with Crippen molar-refractivity contribution in [2.24, 2.45) is 0 Å². The number of hydrogen-bond donors (Lipinski definition) is 2. The van der Waals surface area contributed by atoms with Crippen LogP contribution in [0.5, 0.6) is 0 Å². The Kier molecular flexibility index (Phi) is 3.75. The van der Waals surface area contributed by atoms with Gasteiger partial charge in [0.25, 0.3) is 0 Å². The lowest BCUT2D eigenvalue weighted by Crippen LogP contribution is -2.34. The summed E-state index contributed by atoms with van der Waals surface area (Å²) in [7, 11) is 0. The summed E-state index contributed by atoms with van der Waals surface area (Å²) < 4.78 is 6.23. The summed E-state index contributed by atoms with van der Waals surface area (Å²) in [6, 6.07) is 3.85. The van der Waals surface area contributed by atoms with Crippen LogP contribution in [0.3, 0.4) is 0 Å². The molecule has 1 aromatic rings. The van der Waals surface area contributed by atoms with E-state index in [-0.39, 0.29) is 0 Å². The second-order valence-corrected chi connectivity index (χ2v) is 4.69. The minimum Gasteiger partial charge on any atom is -0.454 e. The third-order valence-corrected chi connectivity index (χ3v) is 2.07. The first-order valence-electron chi connectivity index (χ1n) is 4.15. The summed E-state index contributed by atoms with van der Waals surface area (Å²) in [6.07, 6.45) is 0. The Bertz CT molecular complexity index is 265. The first kappa shape index (κ1) is 11.0. The van der Waals surface area contributed by atoms with E-state index in [1.165, 1.54) is 0 Å². The number of rotatable bonds is 4. The molecule has 0 aromatic carbocycles. The highest BCUT2D eigenvalue weighted by atomic mass is 127. The molecular weight excluding hydrogens is 281 g/mol. The molecule has 0 bridgehead atoms. The largest absolute Gasteiger partial charge is 0.454 e. The molecule has 13 heavy (non-hydrogen) atoms. The standard InChI is InChI=1S/C9H14INO2/c1-9(2,12)6-11-5-7-3-4-8(10)13-7/h3-4,11-12H,5-6H2,1-2H3. The van der Waals surface area contributed by atoms with Gasteiger partial charge in [0.1, 0.15) is 5.76 Å². The van der Waals surface area contributed by atoms with E-state index in [1.807, 2.05) is 12.1 Å². The van der Waals surface area contributed by atoms with Crippen molar-refractivity contribution in [2.45, 2.75) is 26.0 Å². The molecule has 74 valence electrons. The van der Waals surface area contributed by atoms with Gasteiger partial charge in [-0.25, -0.2) is 0 Å². The van der Waals surface area contributed by atoms with Crippen molar-refractivity contribution in [3.63, 3.8) is 0 Å². The molecule has 0 saturated heterocycles. The fourth-order valence-corrected chi connectivity index (χ4v) is 1.40. The van der Waals surface area contributed by atoms with Crippen molar-refractivity contribution in [3.8, 4) is 0 Å². The normalized spacial score (nSPS) is 12.0. The number of hydrogen-bond acceptors (Lipinski definition) is 3. The smallest absolute Gasteiger partial charge is 0.164 e. The fourth-order valence-electron chi connectivity index (χ4n) is 0.938. The van der Waals surface area contributed by atoms with Crippen LogP contribution in [0.15, 0.2) is 16.5 Å². The molecule has 0 fully saturated rings. The van der Waals surface area contributed by atoms with Gasteiger partial charge in [-0.2, -0.15) is 0 Å². The molecule has 0 unspecified atom stereocenters. The van der Waals surface area contributed by atoms with Gasteiger partial charge in [-0.15, -0.1) is 0 Å². The van der Waals surface area contributed by atoms with Gasteiger partial charge in [-0.1, -0.05) is 0 Å². The average Bonchev–Trinajstić information content (AvgIpc) is 2.33. The van der Waals surface area contributed by atoms with Gasteiger partial charge in [0.2, 0.25) is 0 Å². The van der Waals surface area contributed by atoms with Gasteiger partial charge in [0, 0.05) is 6.54 Å². The topological polar surface area (TPSA) is 45.4 Å². The first-order chi connectivity index (χ1) is 5.97. The molecule has 4 heteroatoms. The lowest BCUT2D eigenvalue weighted by atomic mass is 10.1. The van der Waals surface area contributed by atoms with Crippen molar-refractivity contribution in [1.82, 2.24) is 5.32 Å². The molecule has 0 amide bonds. The Morgan fingerprint density at radius 2 is 2.23 bits per heavy atom. The SMILES string of the molecule is CC(C)(O)CNCc1ccc(I)o1. The van der Waals surface area contributed by atoms with Crippen LogP contribution in [0.25, 0.3) is 0 Å². The van der Waals surface area contributed by atoms with E-state index in [2.05, 4.69) is 27.9 Å². The van der Waals surface area contributed by atoms with Crippen molar-refractivity contribution in [1.29, 1.82) is 0 Å². The summed E-state index contributed by atoms with van der Waals surface area (Å²) in [6.45, 7) is 4.76. The Balaban J connectivity index is 2.28. The molecule has 0 aliphatic carbocycles. The van der Waals surface area contributed by atoms with E-state index < -0.39 is 5.60 Å². The van der Waals surface area contributed by atoms with Crippen LogP contribution in [-0.4, -0.2) is 17.3 Å². The first-order valence-corrected chi connectivity index (χ1v) is 5.22. The van der Waals surface area contributed by atoms with Crippen LogP contribution >= 0.6 is 22.6 Å². The van der Waals surface area contributed by atoms with E-state index in [9.17, 15) is 5.11 Å². The van der Waals surface area contributed by atoms with Crippen LogP contribution < -0.4 is 5.32 Å². The Labute approximate surface area is 91.7 Å². The quantitative estimate of drug-likeness (QED) is 0.832. The molecule has 2 N–H and O–H groups in total. The zero-order chi connectivity index (χ0) is 9.90. The van der Waals surface area contributed by atoms with Crippen LogP contribution in [-0.2, 0) is 6.54 Å². The fraction of sp³-hybridized carbons (Fsp3) is 0.556. The van der Waals surface area contributed by atoms with Crippen LogP contribution in [0.2, 0.25) is 0 Å². The Hall–Kier alpha value is -0.0700. The molecule has 0 saturated carbocycles. The van der Waals surface area contributed by atoms with E-state index in [1.54, 1.807) is 13.8 Å². The van der Waals surface area contributed by atoms with Crippen LogP contribution in [0.1, 0.15) is 19.6 Å². The average molecular weight is 295 g/mol. The number of halogens is 1.